The van der Waals surface area contributed by atoms with Crippen molar-refractivity contribution in [1.82, 2.24) is 0 Å². The Hall–Kier alpha value is -1.71. The van der Waals surface area contributed by atoms with Gasteiger partial charge in [0.1, 0.15) is 5.75 Å². The Kier molecular flexibility index (Phi) is 2.49. The lowest BCUT2D eigenvalue weighted by Gasteiger charge is -2.08. The number of benzene rings is 1. The van der Waals surface area contributed by atoms with Crippen LogP contribution < -0.4 is 15.4 Å². The minimum atomic E-state index is -0.0246. The molecule has 1 aromatic carbocycles. The molecular weight excluding hydrogens is 192 g/mol. The molecule has 15 heavy (non-hydrogen) atoms. The van der Waals surface area contributed by atoms with Gasteiger partial charge in [-0.2, -0.15) is 0 Å². The van der Waals surface area contributed by atoms with Crippen LogP contribution in [0.15, 0.2) is 18.2 Å². The quantitative estimate of drug-likeness (QED) is 0.735. The van der Waals surface area contributed by atoms with Gasteiger partial charge in [0.05, 0.1) is 24.4 Å². The number of anilines is 2. The first-order valence-corrected chi connectivity index (χ1v) is 4.93. The molecule has 1 heterocycles. The van der Waals surface area contributed by atoms with Gasteiger partial charge in [-0.15, -0.1) is 0 Å². The smallest absolute Gasteiger partial charge is 0.229 e. The van der Waals surface area contributed by atoms with Gasteiger partial charge in [0.25, 0.3) is 0 Å². The van der Waals surface area contributed by atoms with E-state index >= 15 is 0 Å². The minimum absolute atomic E-state index is 0.0246. The highest BCUT2D eigenvalue weighted by Crippen LogP contribution is 2.29. The average molecular weight is 206 g/mol. The second-order valence-corrected chi connectivity index (χ2v) is 3.68. The van der Waals surface area contributed by atoms with E-state index in [4.69, 9.17) is 4.74 Å². The number of hydrogen-bond donors (Lipinski definition) is 2. The lowest BCUT2D eigenvalue weighted by molar-refractivity contribution is -0.118. The van der Waals surface area contributed by atoms with Crippen molar-refractivity contribution in [2.24, 2.45) is 5.92 Å². The zero-order valence-electron chi connectivity index (χ0n) is 8.83. The first-order chi connectivity index (χ1) is 7.20. The van der Waals surface area contributed by atoms with Crippen molar-refractivity contribution < 1.29 is 9.53 Å². The van der Waals surface area contributed by atoms with E-state index in [1.165, 1.54) is 0 Å². The van der Waals surface area contributed by atoms with Crippen molar-refractivity contribution in [1.29, 1.82) is 0 Å². The lowest BCUT2D eigenvalue weighted by atomic mass is 10.2. The first kappa shape index (κ1) is 9.83. The molecule has 2 N–H and O–H groups in total. The van der Waals surface area contributed by atoms with Crippen molar-refractivity contribution in [2.75, 3.05) is 24.3 Å². The van der Waals surface area contributed by atoms with Crippen LogP contribution in [0.3, 0.4) is 0 Å². The Bertz CT molecular complexity index is 390. The second kappa shape index (κ2) is 3.81. The highest BCUT2D eigenvalue weighted by molar-refractivity contribution is 5.97. The van der Waals surface area contributed by atoms with Gasteiger partial charge in [0.2, 0.25) is 5.91 Å². The topological polar surface area (TPSA) is 50.4 Å². The van der Waals surface area contributed by atoms with Gasteiger partial charge < -0.3 is 15.4 Å². The van der Waals surface area contributed by atoms with Crippen LogP contribution in [0, 0.1) is 5.92 Å². The molecule has 0 bridgehead atoms. The van der Waals surface area contributed by atoms with E-state index in [0.717, 1.165) is 17.1 Å². The molecule has 2 rings (SSSR count). The first-order valence-electron chi connectivity index (χ1n) is 4.93. The molecule has 1 aliphatic heterocycles. The molecule has 80 valence electrons. The molecule has 1 atom stereocenters. The summed E-state index contributed by atoms with van der Waals surface area (Å²) < 4.78 is 5.12. The van der Waals surface area contributed by atoms with Crippen LogP contribution in [0.25, 0.3) is 0 Å². The molecule has 0 aromatic heterocycles. The molecule has 0 fully saturated rings. The summed E-state index contributed by atoms with van der Waals surface area (Å²) in [6, 6.07) is 5.56. The second-order valence-electron chi connectivity index (χ2n) is 3.68. The summed E-state index contributed by atoms with van der Waals surface area (Å²) in [5, 5.41) is 6.08. The van der Waals surface area contributed by atoms with Gasteiger partial charge >= 0.3 is 0 Å². The van der Waals surface area contributed by atoms with E-state index in [9.17, 15) is 4.79 Å². The standard InChI is InChI=1S/C11H14N2O2/c1-7-6-12-10-5-8(15-2)3-4-9(10)13-11(7)14/h3-5,7,12H,6H2,1-2H3,(H,13,14)/t7-/m1/s1. The van der Waals surface area contributed by atoms with Gasteiger partial charge in [-0.25, -0.2) is 0 Å². The molecule has 0 radical (unpaired) electrons. The van der Waals surface area contributed by atoms with E-state index in [-0.39, 0.29) is 11.8 Å². The summed E-state index contributed by atoms with van der Waals surface area (Å²) in [7, 11) is 1.62. The van der Waals surface area contributed by atoms with Crippen molar-refractivity contribution in [2.45, 2.75) is 6.92 Å². The predicted octanol–water partition coefficient (Wildman–Crippen LogP) is 1.70. The van der Waals surface area contributed by atoms with Crippen LogP contribution in [0.1, 0.15) is 6.92 Å². The van der Waals surface area contributed by atoms with E-state index in [2.05, 4.69) is 10.6 Å². The zero-order chi connectivity index (χ0) is 10.8. The predicted molar refractivity (Wildman–Crippen MR) is 59.3 cm³/mol. The number of rotatable bonds is 1. The maximum Gasteiger partial charge on any atom is 0.229 e. The van der Waals surface area contributed by atoms with Crippen molar-refractivity contribution >= 4 is 17.3 Å². The molecule has 0 aliphatic carbocycles. The molecule has 4 nitrogen and oxygen atoms in total. The SMILES string of the molecule is COc1ccc2c(c1)NC[C@@H](C)C(=O)N2. The number of carbonyl (C=O) groups excluding carboxylic acids is 1. The number of amides is 1. The Morgan fingerprint density at radius 3 is 2.93 bits per heavy atom. The highest BCUT2D eigenvalue weighted by atomic mass is 16.5. The molecule has 0 spiro atoms. The summed E-state index contributed by atoms with van der Waals surface area (Å²) in [5.74, 6) is 0.805. The van der Waals surface area contributed by atoms with Crippen LogP contribution in [0.2, 0.25) is 0 Å². The van der Waals surface area contributed by atoms with Crippen LogP contribution >= 0.6 is 0 Å². The summed E-state index contributed by atoms with van der Waals surface area (Å²) in [4.78, 5) is 11.5. The Balaban J connectivity index is 2.34. The maximum absolute atomic E-state index is 11.5. The van der Waals surface area contributed by atoms with E-state index in [0.29, 0.717) is 6.54 Å². The van der Waals surface area contributed by atoms with Crippen molar-refractivity contribution in [3.8, 4) is 5.75 Å². The van der Waals surface area contributed by atoms with Gasteiger partial charge in [0, 0.05) is 12.6 Å². The zero-order valence-corrected chi connectivity index (χ0v) is 8.83. The fourth-order valence-corrected chi connectivity index (χ4v) is 1.52. The Labute approximate surface area is 88.6 Å². The number of fused-ring (bicyclic) bond motifs is 1. The summed E-state index contributed by atoms with van der Waals surface area (Å²) in [6.45, 7) is 2.54. The minimum Gasteiger partial charge on any atom is -0.497 e. The van der Waals surface area contributed by atoms with Gasteiger partial charge in [-0.05, 0) is 12.1 Å². The van der Waals surface area contributed by atoms with Crippen LogP contribution in [-0.4, -0.2) is 19.6 Å². The van der Waals surface area contributed by atoms with E-state index < -0.39 is 0 Å². The molecule has 0 saturated heterocycles. The van der Waals surface area contributed by atoms with Crippen molar-refractivity contribution in [3.63, 3.8) is 0 Å². The summed E-state index contributed by atoms with van der Waals surface area (Å²) in [6.07, 6.45) is 0. The molecule has 4 heteroatoms. The van der Waals surface area contributed by atoms with Gasteiger partial charge in [-0.1, -0.05) is 6.92 Å². The molecule has 0 unspecified atom stereocenters. The largest absolute Gasteiger partial charge is 0.497 e. The molecule has 1 amide bonds. The Morgan fingerprint density at radius 2 is 2.20 bits per heavy atom. The van der Waals surface area contributed by atoms with Crippen molar-refractivity contribution in [3.05, 3.63) is 18.2 Å². The summed E-state index contributed by atoms with van der Waals surface area (Å²) in [5.41, 5.74) is 1.72. The third-order valence-corrected chi connectivity index (χ3v) is 2.53. The van der Waals surface area contributed by atoms with Crippen LogP contribution in [-0.2, 0) is 4.79 Å². The number of nitrogens with one attached hydrogen (secondary N) is 2. The van der Waals surface area contributed by atoms with E-state index in [1.807, 2.05) is 25.1 Å². The molecule has 1 aliphatic rings. The van der Waals surface area contributed by atoms with Gasteiger partial charge in [-0.3, -0.25) is 4.79 Å². The lowest BCUT2D eigenvalue weighted by Crippen LogP contribution is -2.22. The third-order valence-electron chi connectivity index (χ3n) is 2.53. The average Bonchev–Trinajstić information content (AvgIpc) is 2.39. The number of ether oxygens (including phenoxy) is 1. The summed E-state index contributed by atoms with van der Waals surface area (Å²) >= 11 is 0. The highest BCUT2D eigenvalue weighted by Gasteiger charge is 2.19. The van der Waals surface area contributed by atoms with Crippen LogP contribution in [0.4, 0.5) is 11.4 Å². The molecular formula is C11H14N2O2. The third kappa shape index (κ3) is 1.88. The molecule has 0 saturated carbocycles. The van der Waals surface area contributed by atoms with Crippen LogP contribution in [0.5, 0.6) is 5.75 Å². The fraction of sp³-hybridized carbons (Fsp3) is 0.364. The number of methoxy groups -OCH3 is 1. The monoisotopic (exact) mass is 206 g/mol. The molecule has 1 aromatic rings. The maximum atomic E-state index is 11.5. The Morgan fingerprint density at radius 1 is 1.40 bits per heavy atom. The normalized spacial score (nSPS) is 19.6. The van der Waals surface area contributed by atoms with E-state index in [1.54, 1.807) is 7.11 Å². The van der Waals surface area contributed by atoms with Gasteiger partial charge in [0.15, 0.2) is 0 Å². The number of hydrogen-bond acceptors (Lipinski definition) is 3. The number of carbonyl (C=O) groups is 1. The fourth-order valence-electron chi connectivity index (χ4n) is 1.52.